The largest absolute Gasteiger partial charge is 0.179 e. The third-order valence-electron chi connectivity index (χ3n) is 6.10. The zero-order valence-electron chi connectivity index (χ0n) is 16.0. The minimum Gasteiger partial charge on any atom is -0.179 e. The van der Waals surface area contributed by atoms with Crippen LogP contribution in [-0.2, 0) is 0 Å². The Labute approximate surface area is 172 Å². The molecule has 2 aliphatic carbocycles. The molecule has 4 unspecified atom stereocenters. The van der Waals surface area contributed by atoms with E-state index < -0.39 is 0 Å². The van der Waals surface area contributed by atoms with Crippen molar-refractivity contribution >= 4 is 37.9 Å². The van der Waals surface area contributed by atoms with Crippen LogP contribution in [0.4, 0.5) is 0 Å². The van der Waals surface area contributed by atoms with Gasteiger partial charge in [-0.05, 0) is 81.3 Å². The topological polar surface area (TPSA) is 0 Å². The summed E-state index contributed by atoms with van der Waals surface area (Å²) >= 11 is 13.9. The third-order valence-corrected chi connectivity index (χ3v) is 7.64. The molecule has 0 aromatic rings. The van der Waals surface area contributed by atoms with Crippen LogP contribution in [0.25, 0.3) is 0 Å². The number of hydrogen-bond donors (Lipinski definition) is 3. The lowest BCUT2D eigenvalue weighted by Crippen LogP contribution is -2.21. The fraction of sp³-hybridized carbons (Fsp3) is 0.818. The molecule has 0 aromatic carbocycles. The summed E-state index contributed by atoms with van der Waals surface area (Å²) < 4.78 is 0. The maximum Gasteiger partial charge on any atom is 0.0139 e. The zero-order chi connectivity index (χ0) is 18.1. The molecule has 0 aromatic heterocycles. The van der Waals surface area contributed by atoms with Gasteiger partial charge in [0.2, 0.25) is 0 Å². The van der Waals surface area contributed by atoms with Gasteiger partial charge in [-0.1, -0.05) is 43.1 Å². The van der Waals surface area contributed by atoms with E-state index in [9.17, 15) is 0 Å². The lowest BCUT2D eigenvalue weighted by atomic mass is 9.77. The first-order valence-corrected chi connectivity index (χ1v) is 12.2. The highest BCUT2D eigenvalue weighted by Gasteiger charge is 2.24. The Morgan fingerprint density at radius 2 is 1.84 bits per heavy atom. The molecule has 2 rings (SSSR count). The van der Waals surface area contributed by atoms with E-state index in [1.54, 1.807) is 11.1 Å². The minimum atomic E-state index is 0.411. The van der Waals surface area contributed by atoms with Gasteiger partial charge in [0.15, 0.2) is 0 Å². The molecule has 0 nitrogen and oxygen atoms in total. The lowest BCUT2D eigenvalue weighted by molar-refractivity contribution is 0.297. The molecule has 3 heteroatoms. The van der Waals surface area contributed by atoms with Gasteiger partial charge in [-0.15, -0.1) is 0 Å². The van der Waals surface area contributed by atoms with E-state index in [0.717, 1.165) is 29.8 Å². The highest BCUT2D eigenvalue weighted by atomic mass is 32.1. The van der Waals surface area contributed by atoms with E-state index in [-0.39, 0.29) is 0 Å². The molecule has 0 spiro atoms. The van der Waals surface area contributed by atoms with Gasteiger partial charge in [0.25, 0.3) is 0 Å². The van der Waals surface area contributed by atoms with Crippen LogP contribution >= 0.6 is 37.9 Å². The Hall–Kier alpha value is 0.530. The summed E-state index contributed by atoms with van der Waals surface area (Å²) in [4.78, 5) is 0. The molecular formula is C22H38S3. The van der Waals surface area contributed by atoms with Gasteiger partial charge in [-0.25, -0.2) is 0 Å². The van der Waals surface area contributed by atoms with Gasteiger partial charge < -0.3 is 0 Å². The van der Waals surface area contributed by atoms with Crippen LogP contribution < -0.4 is 0 Å². The first-order chi connectivity index (χ1) is 12.2. The molecule has 0 saturated heterocycles. The summed E-state index contributed by atoms with van der Waals surface area (Å²) in [5.74, 6) is 4.31. The second-order valence-corrected chi connectivity index (χ2v) is 9.65. The first-order valence-electron chi connectivity index (χ1n) is 10.4. The van der Waals surface area contributed by atoms with Crippen molar-refractivity contribution in [3.63, 3.8) is 0 Å². The maximum absolute atomic E-state index is 4.87. The molecule has 4 atom stereocenters. The molecule has 0 radical (unpaired) electrons. The second-order valence-electron chi connectivity index (χ2n) is 8.17. The average molecular weight is 399 g/mol. The van der Waals surface area contributed by atoms with Crippen LogP contribution in [0.3, 0.4) is 0 Å². The highest BCUT2D eigenvalue weighted by molar-refractivity contribution is 7.84. The Morgan fingerprint density at radius 1 is 1.08 bits per heavy atom. The zero-order valence-corrected chi connectivity index (χ0v) is 18.7. The van der Waals surface area contributed by atoms with Crippen LogP contribution in [0.2, 0.25) is 0 Å². The summed E-state index contributed by atoms with van der Waals surface area (Å²) in [5.41, 5.74) is 3.39. The first kappa shape index (κ1) is 21.8. The average Bonchev–Trinajstić information content (AvgIpc) is 2.59. The van der Waals surface area contributed by atoms with Crippen molar-refractivity contribution in [2.24, 2.45) is 17.8 Å². The van der Waals surface area contributed by atoms with E-state index >= 15 is 0 Å². The normalized spacial score (nSPS) is 33.2. The van der Waals surface area contributed by atoms with Crippen molar-refractivity contribution < 1.29 is 0 Å². The van der Waals surface area contributed by atoms with Crippen LogP contribution in [0, 0.1) is 17.8 Å². The van der Waals surface area contributed by atoms with E-state index in [1.165, 1.54) is 64.2 Å². The van der Waals surface area contributed by atoms with Crippen molar-refractivity contribution in [3.05, 3.63) is 23.3 Å². The molecule has 0 amide bonds. The standard InChI is InChI=1S/C22H38S3/c1-2-5-17-6-3-9-20(15-21(14-17)22(25)16-24)13-19-8-4-7-18(12-19)10-11-23/h5,13,18-19,21-25H,2-4,6-12,14-16H2,1H3. The van der Waals surface area contributed by atoms with E-state index in [4.69, 9.17) is 12.6 Å². The summed E-state index contributed by atoms with van der Waals surface area (Å²) in [5, 5.41) is 0.411. The molecule has 2 saturated carbocycles. The number of allylic oxidation sites excluding steroid dienone is 4. The molecule has 144 valence electrons. The van der Waals surface area contributed by atoms with E-state index in [1.807, 2.05) is 0 Å². The molecule has 0 heterocycles. The van der Waals surface area contributed by atoms with Gasteiger partial charge in [-0.3, -0.25) is 0 Å². The van der Waals surface area contributed by atoms with Gasteiger partial charge in [0, 0.05) is 11.0 Å². The molecule has 0 aliphatic heterocycles. The quantitative estimate of drug-likeness (QED) is 0.306. The maximum atomic E-state index is 4.87. The van der Waals surface area contributed by atoms with Crippen molar-refractivity contribution in [3.8, 4) is 0 Å². The highest BCUT2D eigenvalue weighted by Crippen LogP contribution is 2.37. The molecular weight excluding hydrogens is 360 g/mol. The van der Waals surface area contributed by atoms with Crippen LogP contribution in [0.5, 0.6) is 0 Å². The van der Waals surface area contributed by atoms with Gasteiger partial charge in [0.1, 0.15) is 0 Å². The monoisotopic (exact) mass is 398 g/mol. The number of hydrogen-bond acceptors (Lipinski definition) is 3. The van der Waals surface area contributed by atoms with Crippen molar-refractivity contribution in [2.45, 2.75) is 82.8 Å². The summed E-state index contributed by atoms with van der Waals surface area (Å²) in [7, 11) is 0. The molecule has 0 bridgehead atoms. The lowest BCUT2D eigenvalue weighted by Gasteiger charge is -2.30. The Bertz CT molecular complexity index is 439. The number of rotatable bonds is 6. The predicted octanol–water partition coefficient (Wildman–Crippen LogP) is 7.18. The van der Waals surface area contributed by atoms with Crippen molar-refractivity contribution in [1.82, 2.24) is 0 Å². The smallest absolute Gasteiger partial charge is 0.0139 e. The minimum absolute atomic E-state index is 0.411. The van der Waals surface area contributed by atoms with Gasteiger partial charge in [0.05, 0.1) is 0 Å². The van der Waals surface area contributed by atoms with E-state index in [0.29, 0.717) is 11.2 Å². The van der Waals surface area contributed by atoms with Crippen LogP contribution in [0.1, 0.15) is 77.6 Å². The molecule has 2 aliphatic rings. The fourth-order valence-corrected chi connectivity index (χ4v) is 5.68. The van der Waals surface area contributed by atoms with Crippen LogP contribution in [-0.4, -0.2) is 16.8 Å². The van der Waals surface area contributed by atoms with Crippen molar-refractivity contribution in [1.29, 1.82) is 0 Å². The van der Waals surface area contributed by atoms with Gasteiger partial charge >= 0.3 is 0 Å². The second kappa shape index (κ2) is 12.1. The van der Waals surface area contributed by atoms with Gasteiger partial charge in [-0.2, -0.15) is 37.9 Å². The summed E-state index contributed by atoms with van der Waals surface area (Å²) in [6.07, 6.45) is 19.6. The van der Waals surface area contributed by atoms with Crippen molar-refractivity contribution in [2.75, 3.05) is 11.5 Å². The predicted molar refractivity (Wildman–Crippen MR) is 124 cm³/mol. The molecule has 0 N–H and O–H groups in total. The molecule has 25 heavy (non-hydrogen) atoms. The Morgan fingerprint density at radius 3 is 2.56 bits per heavy atom. The summed E-state index contributed by atoms with van der Waals surface area (Å²) in [6, 6.07) is 0. The van der Waals surface area contributed by atoms with E-state index in [2.05, 4.69) is 44.3 Å². The Kier molecular flexibility index (Phi) is 10.5. The Balaban J connectivity index is 2.05. The SMILES string of the molecule is CCC=C1CCCC(=CC2CCCC(CCS)C2)CC(C(S)CS)C1. The van der Waals surface area contributed by atoms with Crippen LogP contribution in [0.15, 0.2) is 23.3 Å². The third kappa shape index (κ3) is 7.58. The molecule has 2 fully saturated rings. The number of thiol groups is 3. The fourth-order valence-electron chi connectivity index (χ4n) is 4.80. The summed E-state index contributed by atoms with van der Waals surface area (Å²) in [6.45, 7) is 2.26.